The number of hydrogen-bond donors (Lipinski definition) is 0. The quantitative estimate of drug-likeness (QED) is 0.793. The number of amides is 1. The van der Waals surface area contributed by atoms with Gasteiger partial charge in [-0.25, -0.2) is 0 Å². The van der Waals surface area contributed by atoms with Crippen molar-refractivity contribution in [2.75, 3.05) is 41.3 Å². The lowest BCUT2D eigenvalue weighted by Crippen LogP contribution is -2.59. The Balaban J connectivity index is 1.94. The molecule has 0 aromatic carbocycles. The first-order valence-electron chi connectivity index (χ1n) is 6.52. The van der Waals surface area contributed by atoms with Gasteiger partial charge >= 0.3 is 0 Å². The summed E-state index contributed by atoms with van der Waals surface area (Å²) in [5.74, 6) is 0.0852. The molecule has 0 aliphatic carbocycles. The normalized spacial score (nSPS) is 16.0. The van der Waals surface area contributed by atoms with Crippen molar-refractivity contribution in [1.29, 1.82) is 0 Å². The van der Waals surface area contributed by atoms with Crippen LogP contribution in [0.15, 0.2) is 18.3 Å². The lowest BCUT2D eigenvalue weighted by atomic mass is 10.1. The summed E-state index contributed by atoms with van der Waals surface area (Å²) < 4.78 is 0. The predicted octanol–water partition coefficient (Wildman–Crippen LogP) is 0.529. The largest absolute Gasteiger partial charge is 0.335 e. The molecule has 0 radical (unpaired) electrons. The van der Waals surface area contributed by atoms with Crippen LogP contribution in [0.2, 0.25) is 0 Å². The molecule has 1 aliphatic rings. The van der Waals surface area contributed by atoms with Crippen molar-refractivity contribution in [3.05, 3.63) is 29.6 Å². The fourth-order valence-electron chi connectivity index (χ4n) is 2.10. The van der Waals surface area contributed by atoms with Crippen molar-refractivity contribution in [1.82, 2.24) is 19.7 Å². The standard InChI is InChI=1S/C14H22N4O/c1-16(2)8-12-6-5-11(7-15-12)14(19)18-9-13(10-18)17(3)4/h5-7,13H,8-10H2,1-4H3. The highest BCUT2D eigenvalue weighted by molar-refractivity contribution is 5.94. The third-order valence-corrected chi connectivity index (χ3v) is 3.43. The van der Waals surface area contributed by atoms with Crippen molar-refractivity contribution >= 4 is 5.91 Å². The van der Waals surface area contributed by atoms with Gasteiger partial charge in [0, 0.05) is 31.9 Å². The van der Waals surface area contributed by atoms with Gasteiger partial charge < -0.3 is 14.7 Å². The average molecular weight is 262 g/mol. The monoisotopic (exact) mass is 262 g/mol. The van der Waals surface area contributed by atoms with Crippen LogP contribution in [0.1, 0.15) is 16.1 Å². The van der Waals surface area contributed by atoms with Crippen LogP contribution in [0.25, 0.3) is 0 Å². The molecule has 104 valence electrons. The van der Waals surface area contributed by atoms with E-state index in [2.05, 4.69) is 14.8 Å². The van der Waals surface area contributed by atoms with E-state index in [1.54, 1.807) is 6.20 Å². The highest BCUT2D eigenvalue weighted by Gasteiger charge is 2.32. The summed E-state index contributed by atoms with van der Waals surface area (Å²) in [6, 6.07) is 4.29. The summed E-state index contributed by atoms with van der Waals surface area (Å²) in [5, 5.41) is 0. The molecular weight excluding hydrogens is 240 g/mol. The summed E-state index contributed by atoms with van der Waals surface area (Å²) in [6.45, 7) is 2.41. The van der Waals surface area contributed by atoms with E-state index in [4.69, 9.17) is 0 Å². The van der Waals surface area contributed by atoms with Crippen LogP contribution in [-0.4, -0.2) is 72.9 Å². The third-order valence-electron chi connectivity index (χ3n) is 3.43. The second kappa shape index (κ2) is 5.67. The number of rotatable bonds is 4. The van der Waals surface area contributed by atoms with E-state index in [1.165, 1.54) is 0 Å². The Bertz CT molecular complexity index is 435. The van der Waals surface area contributed by atoms with E-state index in [0.29, 0.717) is 11.6 Å². The highest BCUT2D eigenvalue weighted by atomic mass is 16.2. The molecule has 1 aromatic heterocycles. The summed E-state index contributed by atoms with van der Waals surface area (Å²) in [4.78, 5) is 22.6. The first-order chi connectivity index (χ1) is 8.97. The Hall–Kier alpha value is -1.46. The molecular formula is C14H22N4O. The zero-order valence-corrected chi connectivity index (χ0v) is 12.1. The van der Waals surface area contributed by atoms with Crippen LogP contribution < -0.4 is 0 Å². The van der Waals surface area contributed by atoms with Crippen molar-refractivity contribution in [3.8, 4) is 0 Å². The number of likely N-dealkylation sites (N-methyl/N-ethyl adjacent to an activating group) is 1. The van der Waals surface area contributed by atoms with Crippen LogP contribution in [0, 0.1) is 0 Å². The van der Waals surface area contributed by atoms with Gasteiger partial charge in [0.15, 0.2) is 0 Å². The van der Waals surface area contributed by atoms with Crippen molar-refractivity contribution in [3.63, 3.8) is 0 Å². The van der Waals surface area contributed by atoms with Crippen molar-refractivity contribution in [2.24, 2.45) is 0 Å². The van der Waals surface area contributed by atoms with E-state index >= 15 is 0 Å². The third kappa shape index (κ3) is 3.30. The molecule has 2 heterocycles. The Morgan fingerprint density at radius 1 is 1.32 bits per heavy atom. The topological polar surface area (TPSA) is 39.7 Å². The number of carbonyl (C=O) groups is 1. The van der Waals surface area contributed by atoms with Crippen LogP contribution in [0.4, 0.5) is 0 Å². The maximum atomic E-state index is 12.2. The Morgan fingerprint density at radius 2 is 2.00 bits per heavy atom. The summed E-state index contributed by atoms with van der Waals surface area (Å²) in [5.41, 5.74) is 1.66. The first-order valence-corrected chi connectivity index (χ1v) is 6.52. The molecule has 0 saturated carbocycles. The van der Waals surface area contributed by atoms with Gasteiger partial charge in [-0.2, -0.15) is 0 Å². The smallest absolute Gasteiger partial charge is 0.255 e. The van der Waals surface area contributed by atoms with E-state index in [0.717, 1.165) is 25.3 Å². The molecule has 19 heavy (non-hydrogen) atoms. The Morgan fingerprint density at radius 3 is 2.47 bits per heavy atom. The average Bonchev–Trinajstić information content (AvgIpc) is 2.26. The van der Waals surface area contributed by atoms with Gasteiger partial charge in [-0.05, 0) is 40.3 Å². The second-order valence-electron chi connectivity index (χ2n) is 5.60. The zero-order valence-electron chi connectivity index (χ0n) is 12.1. The minimum Gasteiger partial charge on any atom is -0.335 e. The second-order valence-corrected chi connectivity index (χ2v) is 5.60. The maximum absolute atomic E-state index is 12.2. The van der Waals surface area contributed by atoms with Crippen LogP contribution in [-0.2, 0) is 6.54 Å². The molecule has 5 nitrogen and oxygen atoms in total. The summed E-state index contributed by atoms with van der Waals surface area (Å²) in [6.07, 6.45) is 1.68. The van der Waals surface area contributed by atoms with E-state index < -0.39 is 0 Å². The molecule has 0 bridgehead atoms. The predicted molar refractivity (Wildman–Crippen MR) is 75.0 cm³/mol. The Kier molecular flexibility index (Phi) is 4.17. The molecule has 0 unspecified atom stereocenters. The highest BCUT2D eigenvalue weighted by Crippen LogP contribution is 2.16. The molecule has 1 saturated heterocycles. The van der Waals surface area contributed by atoms with Crippen molar-refractivity contribution < 1.29 is 4.79 Å². The van der Waals surface area contributed by atoms with E-state index in [1.807, 2.05) is 45.2 Å². The number of hydrogen-bond acceptors (Lipinski definition) is 4. The number of likely N-dealkylation sites (tertiary alicyclic amines) is 1. The van der Waals surface area contributed by atoms with Gasteiger partial charge in [0.05, 0.1) is 11.3 Å². The van der Waals surface area contributed by atoms with Gasteiger partial charge in [0.2, 0.25) is 0 Å². The molecule has 1 fully saturated rings. The molecule has 1 aliphatic heterocycles. The molecule has 1 aromatic rings. The lowest BCUT2D eigenvalue weighted by molar-refractivity contribution is 0.0399. The molecule has 0 atom stereocenters. The Labute approximate surface area is 114 Å². The van der Waals surface area contributed by atoms with Crippen LogP contribution in [0.3, 0.4) is 0 Å². The van der Waals surface area contributed by atoms with Crippen molar-refractivity contribution in [2.45, 2.75) is 12.6 Å². The van der Waals surface area contributed by atoms with Gasteiger partial charge in [-0.1, -0.05) is 0 Å². The van der Waals surface area contributed by atoms with Crippen LogP contribution >= 0.6 is 0 Å². The van der Waals surface area contributed by atoms with E-state index in [-0.39, 0.29) is 5.91 Å². The van der Waals surface area contributed by atoms with Gasteiger partial charge in [-0.15, -0.1) is 0 Å². The van der Waals surface area contributed by atoms with E-state index in [9.17, 15) is 4.79 Å². The summed E-state index contributed by atoms with van der Waals surface area (Å²) >= 11 is 0. The fraction of sp³-hybridized carbons (Fsp3) is 0.571. The zero-order chi connectivity index (χ0) is 14.0. The molecule has 0 spiro atoms. The minimum absolute atomic E-state index is 0.0852. The number of pyridine rings is 1. The maximum Gasteiger partial charge on any atom is 0.255 e. The van der Waals surface area contributed by atoms with Gasteiger partial charge in [0.1, 0.15) is 0 Å². The molecule has 1 amide bonds. The number of aromatic nitrogens is 1. The molecule has 2 rings (SSSR count). The minimum atomic E-state index is 0.0852. The first kappa shape index (κ1) is 14.0. The SMILES string of the molecule is CN(C)Cc1ccc(C(=O)N2CC(N(C)C)C2)cn1. The van der Waals surface area contributed by atoms with Crippen LogP contribution in [0.5, 0.6) is 0 Å². The fourth-order valence-corrected chi connectivity index (χ4v) is 2.10. The van der Waals surface area contributed by atoms with Gasteiger partial charge in [0.25, 0.3) is 5.91 Å². The molecule has 5 heteroatoms. The number of nitrogens with zero attached hydrogens (tertiary/aromatic N) is 4. The number of carbonyl (C=O) groups excluding carboxylic acids is 1. The summed E-state index contributed by atoms with van der Waals surface area (Å²) in [7, 11) is 8.10. The molecule has 0 N–H and O–H groups in total. The lowest BCUT2D eigenvalue weighted by Gasteiger charge is -2.42. The van der Waals surface area contributed by atoms with Gasteiger partial charge in [-0.3, -0.25) is 9.78 Å².